The third-order valence-corrected chi connectivity index (χ3v) is 6.57. The molecule has 1 fully saturated rings. The molecule has 0 unspecified atom stereocenters. The van der Waals surface area contributed by atoms with Crippen molar-refractivity contribution in [2.45, 2.75) is 18.0 Å². The number of aliphatic hydroxyl groups excluding tert-OH is 1. The van der Waals surface area contributed by atoms with E-state index in [0.29, 0.717) is 23.4 Å². The van der Waals surface area contributed by atoms with Gasteiger partial charge >= 0.3 is 0 Å². The van der Waals surface area contributed by atoms with Crippen molar-refractivity contribution in [3.05, 3.63) is 95.3 Å². The van der Waals surface area contributed by atoms with Crippen molar-refractivity contribution < 1.29 is 23.8 Å². The number of nitrogens with zero attached hydrogens (tertiary/aromatic N) is 2. The van der Waals surface area contributed by atoms with Crippen LogP contribution >= 0.6 is 0 Å². The number of hydrogen-bond donors (Lipinski definition) is 1. The van der Waals surface area contributed by atoms with Crippen molar-refractivity contribution in [1.29, 1.82) is 0 Å². The number of halogens is 1. The monoisotopic (exact) mass is 446 g/mol. The number of rotatable bonds is 4. The topological polar surface area (TPSA) is 70.1 Å². The van der Waals surface area contributed by atoms with E-state index in [1.165, 1.54) is 24.3 Å². The summed E-state index contributed by atoms with van der Waals surface area (Å²) in [5.41, 5.74) is 2.53. The van der Waals surface area contributed by atoms with Crippen LogP contribution in [-0.2, 0) is 0 Å². The van der Waals surface area contributed by atoms with E-state index >= 15 is 0 Å². The summed E-state index contributed by atoms with van der Waals surface area (Å²) in [5.74, 6) is -0.413. The molecule has 0 saturated carbocycles. The molecule has 0 radical (unpaired) electrons. The maximum atomic E-state index is 13.5. The van der Waals surface area contributed by atoms with Gasteiger partial charge in [-0.2, -0.15) is 0 Å². The SMILES string of the molecule is COc1cccc(C(=O)N2C[C@H]3[C@@H](c4ccccc42)[C@H](CO)N3C(=O)c2ccc(F)cc2)c1. The van der Waals surface area contributed by atoms with Gasteiger partial charge in [0.05, 0.1) is 25.8 Å². The van der Waals surface area contributed by atoms with Crippen LogP contribution in [-0.4, -0.2) is 54.2 Å². The highest BCUT2D eigenvalue weighted by atomic mass is 19.1. The van der Waals surface area contributed by atoms with Gasteiger partial charge in [-0.05, 0) is 54.1 Å². The number of methoxy groups -OCH3 is 1. The molecule has 1 saturated heterocycles. The molecular formula is C26H23FN2O4. The highest BCUT2D eigenvalue weighted by Crippen LogP contribution is 2.49. The first-order chi connectivity index (χ1) is 16.0. The number of para-hydroxylation sites is 1. The molecule has 2 aliphatic heterocycles. The molecule has 5 rings (SSSR count). The summed E-state index contributed by atoms with van der Waals surface area (Å²) in [6, 6.07) is 19.2. The Bertz CT molecular complexity index is 1210. The number of benzene rings is 3. The quantitative estimate of drug-likeness (QED) is 0.667. The predicted molar refractivity (Wildman–Crippen MR) is 121 cm³/mol. The van der Waals surface area contributed by atoms with Gasteiger partial charge in [-0.3, -0.25) is 9.59 Å². The van der Waals surface area contributed by atoms with Crippen LogP contribution in [0.25, 0.3) is 0 Å². The number of fused-ring (bicyclic) bond motifs is 3. The van der Waals surface area contributed by atoms with Crippen LogP contribution in [0.5, 0.6) is 5.75 Å². The van der Waals surface area contributed by atoms with Gasteiger partial charge in [-0.1, -0.05) is 24.3 Å². The maximum absolute atomic E-state index is 13.5. The molecule has 1 N–H and O–H groups in total. The molecule has 3 atom stereocenters. The van der Waals surface area contributed by atoms with Crippen molar-refractivity contribution in [2.24, 2.45) is 0 Å². The van der Waals surface area contributed by atoms with Crippen molar-refractivity contribution in [2.75, 3.05) is 25.2 Å². The third kappa shape index (κ3) is 3.45. The Morgan fingerprint density at radius 1 is 1.00 bits per heavy atom. The first kappa shape index (κ1) is 21.2. The lowest BCUT2D eigenvalue weighted by molar-refractivity contribution is -0.0246. The van der Waals surface area contributed by atoms with Gasteiger partial charge in [0, 0.05) is 29.3 Å². The van der Waals surface area contributed by atoms with Gasteiger partial charge in [0.2, 0.25) is 0 Å². The van der Waals surface area contributed by atoms with E-state index in [9.17, 15) is 19.1 Å². The van der Waals surface area contributed by atoms with Crippen molar-refractivity contribution in [1.82, 2.24) is 4.90 Å². The highest BCUT2D eigenvalue weighted by molar-refractivity contribution is 6.07. The molecule has 3 aromatic carbocycles. The molecule has 2 aliphatic rings. The summed E-state index contributed by atoms with van der Waals surface area (Å²) in [7, 11) is 1.55. The van der Waals surface area contributed by atoms with E-state index in [1.807, 2.05) is 24.3 Å². The van der Waals surface area contributed by atoms with Gasteiger partial charge in [0.15, 0.2) is 0 Å². The van der Waals surface area contributed by atoms with Crippen LogP contribution < -0.4 is 9.64 Å². The van der Waals surface area contributed by atoms with Crippen molar-refractivity contribution in [3.63, 3.8) is 0 Å². The Kier molecular flexibility index (Phi) is 5.34. The molecule has 0 aliphatic carbocycles. The summed E-state index contributed by atoms with van der Waals surface area (Å²) in [6.45, 7) is 0.0907. The molecule has 6 nitrogen and oxygen atoms in total. The maximum Gasteiger partial charge on any atom is 0.258 e. The summed E-state index contributed by atoms with van der Waals surface area (Å²) in [5, 5.41) is 10.1. The zero-order chi connectivity index (χ0) is 23.1. The minimum absolute atomic E-state index is 0.0926. The van der Waals surface area contributed by atoms with Crippen molar-refractivity contribution >= 4 is 17.5 Å². The Balaban J connectivity index is 1.52. The number of carbonyl (C=O) groups excluding carboxylic acids is 2. The number of hydrogen-bond acceptors (Lipinski definition) is 4. The molecule has 33 heavy (non-hydrogen) atoms. The number of likely N-dealkylation sites (tertiary alicyclic amines) is 1. The first-order valence-corrected chi connectivity index (χ1v) is 10.8. The van der Waals surface area contributed by atoms with Gasteiger partial charge in [-0.15, -0.1) is 0 Å². The summed E-state index contributed by atoms with van der Waals surface area (Å²) in [6.07, 6.45) is 0. The smallest absolute Gasteiger partial charge is 0.258 e. The second-order valence-electron chi connectivity index (χ2n) is 8.27. The first-order valence-electron chi connectivity index (χ1n) is 10.8. The number of anilines is 1. The Labute approximate surface area is 190 Å². The molecular weight excluding hydrogens is 423 g/mol. The van der Waals surface area contributed by atoms with E-state index in [0.717, 1.165) is 11.3 Å². The average Bonchev–Trinajstić information content (AvgIpc) is 2.84. The van der Waals surface area contributed by atoms with Crippen LogP contribution in [0, 0.1) is 5.82 Å². The van der Waals surface area contributed by atoms with Crippen LogP contribution in [0.3, 0.4) is 0 Å². The zero-order valence-electron chi connectivity index (χ0n) is 18.0. The largest absolute Gasteiger partial charge is 0.497 e. The third-order valence-electron chi connectivity index (χ3n) is 6.57. The second kappa shape index (κ2) is 8.33. The second-order valence-corrected chi connectivity index (χ2v) is 8.27. The van der Waals surface area contributed by atoms with Crippen LogP contribution in [0.2, 0.25) is 0 Å². The average molecular weight is 446 g/mol. The van der Waals surface area contributed by atoms with Crippen LogP contribution in [0.1, 0.15) is 32.2 Å². The number of amides is 2. The molecule has 7 heteroatoms. The molecule has 2 amide bonds. The van der Waals surface area contributed by atoms with E-state index in [1.54, 1.807) is 41.2 Å². The van der Waals surface area contributed by atoms with Gasteiger partial charge in [0.25, 0.3) is 11.8 Å². The fourth-order valence-electron chi connectivity index (χ4n) is 5.01. The highest BCUT2D eigenvalue weighted by Gasteiger charge is 2.55. The minimum atomic E-state index is -0.423. The zero-order valence-corrected chi connectivity index (χ0v) is 18.0. The molecule has 168 valence electrons. The standard InChI is InChI=1S/C26H23FN2O4/c1-33-19-6-4-5-17(13-19)25(31)28-14-22-24(20-7-2-3-8-21(20)28)23(15-30)29(22)26(32)16-9-11-18(27)12-10-16/h2-13,22-24,30H,14-15H2,1H3/t22-,23-,24+/m0/s1. The Hall–Kier alpha value is -3.71. The fourth-order valence-corrected chi connectivity index (χ4v) is 5.01. The molecule has 0 aromatic heterocycles. The minimum Gasteiger partial charge on any atom is -0.497 e. The number of ether oxygens (including phenoxy) is 1. The Morgan fingerprint density at radius 2 is 1.76 bits per heavy atom. The van der Waals surface area contributed by atoms with Crippen molar-refractivity contribution in [3.8, 4) is 5.75 Å². The number of carbonyl (C=O) groups is 2. The molecule has 0 spiro atoms. The van der Waals surface area contributed by atoms with Gasteiger partial charge in [-0.25, -0.2) is 4.39 Å². The normalized spacial score (nSPS) is 21.0. The van der Waals surface area contributed by atoms with Gasteiger partial charge in [0.1, 0.15) is 11.6 Å². The fraction of sp³-hybridized carbons (Fsp3) is 0.231. The lowest BCUT2D eigenvalue weighted by Crippen LogP contribution is -2.70. The molecule has 0 bridgehead atoms. The summed E-state index contributed by atoms with van der Waals surface area (Å²) >= 11 is 0. The van der Waals surface area contributed by atoms with Crippen LogP contribution in [0.15, 0.2) is 72.8 Å². The van der Waals surface area contributed by atoms with Crippen LogP contribution in [0.4, 0.5) is 10.1 Å². The van der Waals surface area contributed by atoms with E-state index in [-0.39, 0.29) is 30.4 Å². The van der Waals surface area contributed by atoms with E-state index in [4.69, 9.17) is 4.74 Å². The number of aliphatic hydroxyl groups is 1. The molecule has 2 heterocycles. The van der Waals surface area contributed by atoms with E-state index in [2.05, 4.69) is 0 Å². The lowest BCUT2D eigenvalue weighted by Gasteiger charge is -2.58. The molecule has 3 aromatic rings. The predicted octanol–water partition coefficient (Wildman–Crippen LogP) is 3.46. The summed E-state index contributed by atoms with van der Waals surface area (Å²) in [4.78, 5) is 30.1. The van der Waals surface area contributed by atoms with Gasteiger partial charge < -0.3 is 19.6 Å². The van der Waals surface area contributed by atoms with E-state index < -0.39 is 11.9 Å². The lowest BCUT2D eigenvalue weighted by atomic mass is 9.71. The summed E-state index contributed by atoms with van der Waals surface area (Å²) < 4.78 is 18.6. The Morgan fingerprint density at radius 3 is 2.48 bits per heavy atom.